The first-order valence-corrected chi connectivity index (χ1v) is 8.10. The Morgan fingerprint density at radius 1 is 1.35 bits per heavy atom. The largest absolute Gasteiger partial charge is 0.488 e. The Balaban J connectivity index is 1.69. The molecule has 2 aromatic heterocycles. The van der Waals surface area contributed by atoms with Crippen LogP contribution in [0, 0.1) is 0 Å². The van der Waals surface area contributed by atoms with Gasteiger partial charge in [-0.25, -0.2) is 13.9 Å². The monoisotopic (exact) mass is 331 g/mol. The number of nitrogens with one attached hydrogen (secondary N) is 1. The lowest BCUT2D eigenvalue weighted by Gasteiger charge is -2.26. The number of anilines is 1. The van der Waals surface area contributed by atoms with Crippen LogP contribution in [-0.2, 0) is 15.8 Å². The Morgan fingerprint density at radius 3 is 3.00 bits per heavy atom. The highest BCUT2D eigenvalue weighted by Gasteiger charge is 2.22. The number of rotatable bonds is 2. The fourth-order valence-corrected chi connectivity index (χ4v) is 3.30. The van der Waals surface area contributed by atoms with Crippen molar-refractivity contribution in [2.45, 2.75) is 0 Å². The number of fused-ring (bicyclic) bond motifs is 1. The van der Waals surface area contributed by atoms with E-state index in [1.165, 1.54) is 10.8 Å². The lowest BCUT2D eigenvalue weighted by molar-refractivity contribution is -0.114. The maximum Gasteiger partial charge on any atom is 0.258 e. The van der Waals surface area contributed by atoms with E-state index in [-0.39, 0.29) is 5.91 Å². The first kappa shape index (κ1) is 13.9. The highest BCUT2D eigenvalue weighted by molar-refractivity contribution is 7.93. The molecule has 1 amide bonds. The van der Waals surface area contributed by atoms with Crippen LogP contribution in [0.15, 0.2) is 30.7 Å². The molecule has 118 valence electrons. The Kier molecular flexibility index (Phi) is 3.15. The van der Waals surface area contributed by atoms with Gasteiger partial charge >= 0.3 is 0 Å². The van der Waals surface area contributed by atoms with E-state index in [1.54, 1.807) is 18.6 Å². The lowest BCUT2D eigenvalue weighted by Crippen LogP contribution is -2.29. The molecule has 4 heterocycles. The summed E-state index contributed by atoms with van der Waals surface area (Å²) >= 11 is 0. The highest BCUT2D eigenvalue weighted by atomic mass is 32.2. The van der Waals surface area contributed by atoms with Gasteiger partial charge in [0.25, 0.3) is 5.91 Å². The molecule has 2 aliphatic heterocycles. The maximum absolute atomic E-state index is 11.8. The molecule has 0 spiro atoms. The van der Waals surface area contributed by atoms with Crippen molar-refractivity contribution < 1.29 is 13.7 Å². The van der Waals surface area contributed by atoms with Crippen molar-refractivity contribution in [2.75, 3.05) is 25.1 Å². The molecule has 1 atom stereocenters. The third-order valence-corrected chi connectivity index (χ3v) is 4.73. The topological polar surface area (TPSA) is 89.4 Å². The fraction of sp³-hybridized carbons (Fsp3) is 0.214. The Bertz CT molecular complexity index is 860. The van der Waals surface area contributed by atoms with Gasteiger partial charge in [0.2, 0.25) is 0 Å². The van der Waals surface area contributed by atoms with Gasteiger partial charge in [-0.1, -0.05) is 0 Å². The van der Waals surface area contributed by atoms with Crippen LogP contribution in [0.3, 0.4) is 0 Å². The molecule has 0 aliphatic carbocycles. The summed E-state index contributed by atoms with van der Waals surface area (Å²) in [4.78, 5) is 17.7. The minimum Gasteiger partial charge on any atom is -0.488 e. The van der Waals surface area contributed by atoms with Gasteiger partial charge in [-0.2, -0.15) is 5.10 Å². The minimum atomic E-state index is -1.58. The number of likely N-dealkylation sites (N-methyl/N-ethyl adjacent to an activating group) is 1. The molecule has 0 bridgehead atoms. The van der Waals surface area contributed by atoms with Crippen molar-refractivity contribution in [2.24, 2.45) is 0 Å². The summed E-state index contributed by atoms with van der Waals surface area (Å²) in [6, 6.07) is 1.91. The Hall–Kier alpha value is -2.68. The number of carbonyl (C=O) groups excluding carboxylic acids is 1. The summed E-state index contributed by atoms with van der Waals surface area (Å²) in [6.07, 6.45) is 6.36. The summed E-state index contributed by atoms with van der Waals surface area (Å²) in [6.45, 7) is 1.42. The number of pyridine rings is 1. The number of hydrogen-bond acceptors (Lipinski definition) is 6. The average Bonchev–Trinajstić information content (AvgIpc) is 3.13. The number of amides is 1. The third kappa shape index (κ3) is 2.38. The van der Waals surface area contributed by atoms with Crippen LogP contribution in [0.2, 0.25) is 0 Å². The molecule has 23 heavy (non-hydrogen) atoms. The number of aromatic nitrogens is 3. The molecule has 2 aromatic rings. The molecular formula is C14H13N5O3S. The van der Waals surface area contributed by atoms with E-state index in [2.05, 4.69) is 14.8 Å². The van der Waals surface area contributed by atoms with Crippen molar-refractivity contribution in [3.05, 3.63) is 30.7 Å². The van der Waals surface area contributed by atoms with Crippen molar-refractivity contribution in [3.63, 3.8) is 0 Å². The molecule has 8 nitrogen and oxygen atoms in total. The van der Waals surface area contributed by atoms with Gasteiger partial charge < -0.3 is 9.64 Å². The third-order valence-electron chi connectivity index (χ3n) is 3.66. The van der Waals surface area contributed by atoms with Crippen LogP contribution in [0.5, 0.6) is 5.75 Å². The summed E-state index contributed by atoms with van der Waals surface area (Å²) in [7, 11) is 0.394. The molecule has 0 radical (unpaired) electrons. The lowest BCUT2D eigenvalue weighted by atomic mass is 10.1. The summed E-state index contributed by atoms with van der Waals surface area (Å²) in [5, 5.41) is 4.48. The molecule has 2 aliphatic rings. The van der Waals surface area contributed by atoms with Crippen LogP contribution < -0.4 is 14.4 Å². The molecule has 0 aromatic carbocycles. The van der Waals surface area contributed by atoms with Crippen molar-refractivity contribution in [1.82, 2.24) is 19.5 Å². The smallest absolute Gasteiger partial charge is 0.258 e. The summed E-state index contributed by atoms with van der Waals surface area (Å²) < 4.78 is 21.1. The van der Waals surface area contributed by atoms with Crippen molar-refractivity contribution >= 4 is 27.7 Å². The predicted octanol–water partition coefficient (Wildman–Crippen LogP) is 0.366. The molecule has 0 saturated carbocycles. The molecule has 4 rings (SSSR count). The molecule has 1 unspecified atom stereocenters. The van der Waals surface area contributed by atoms with Gasteiger partial charge in [0.05, 0.1) is 12.7 Å². The normalized spacial score (nSPS) is 19.9. The van der Waals surface area contributed by atoms with Crippen LogP contribution in [-0.4, -0.2) is 45.1 Å². The van der Waals surface area contributed by atoms with E-state index < -0.39 is 11.0 Å². The van der Waals surface area contributed by atoms with Crippen LogP contribution in [0.25, 0.3) is 16.2 Å². The zero-order chi connectivity index (χ0) is 16.0. The van der Waals surface area contributed by atoms with Crippen LogP contribution in [0.4, 0.5) is 5.82 Å². The quantitative estimate of drug-likeness (QED) is 0.855. The number of ether oxygens (including phenoxy) is 1. The maximum atomic E-state index is 11.8. The first-order valence-electron chi connectivity index (χ1n) is 6.95. The van der Waals surface area contributed by atoms with E-state index in [4.69, 9.17) is 4.74 Å². The molecule has 1 N–H and O–H groups in total. The molecule has 0 saturated heterocycles. The van der Waals surface area contributed by atoms with E-state index in [0.717, 1.165) is 29.2 Å². The van der Waals surface area contributed by atoms with E-state index >= 15 is 0 Å². The average molecular weight is 331 g/mol. The SMILES string of the molecule is CN1CCOc2cc(-c3cnn(C4=CC(=O)NS4=O)c3)cnc21. The first-order chi connectivity index (χ1) is 11.1. The fourth-order valence-electron chi connectivity index (χ4n) is 2.47. The van der Waals surface area contributed by atoms with E-state index in [0.29, 0.717) is 11.6 Å². The van der Waals surface area contributed by atoms with E-state index in [9.17, 15) is 9.00 Å². The minimum absolute atomic E-state index is 0.308. The van der Waals surface area contributed by atoms with Gasteiger partial charge in [0.15, 0.2) is 27.6 Å². The molecule has 0 fully saturated rings. The van der Waals surface area contributed by atoms with Gasteiger partial charge in [0.1, 0.15) is 6.61 Å². The second-order valence-corrected chi connectivity index (χ2v) is 6.37. The second-order valence-electron chi connectivity index (χ2n) is 5.21. The van der Waals surface area contributed by atoms with Crippen molar-refractivity contribution in [3.8, 4) is 16.9 Å². The predicted molar refractivity (Wildman–Crippen MR) is 84.8 cm³/mol. The Labute approximate surface area is 134 Å². The van der Waals surface area contributed by atoms with Crippen LogP contribution in [0.1, 0.15) is 0 Å². The Morgan fingerprint density at radius 2 is 2.22 bits per heavy atom. The number of nitrogens with zero attached hydrogens (tertiary/aromatic N) is 4. The highest BCUT2D eigenvalue weighted by Crippen LogP contribution is 2.32. The summed E-state index contributed by atoms with van der Waals surface area (Å²) in [5.41, 5.74) is 1.64. The van der Waals surface area contributed by atoms with Crippen molar-refractivity contribution in [1.29, 1.82) is 0 Å². The van der Waals surface area contributed by atoms with Gasteiger partial charge in [-0.3, -0.25) is 9.52 Å². The van der Waals surface area contributed by atoms with Gasteiger partial charge in [0, 0.05) is 36.6 Å². The zero-order valence-electron chi connectivity index (χ0n) is 12.2. The summed E-state index contributed by atoms with van der Waals surface area (Å²) in [5.74, 6) is 1.15. The molecule has 9 heteroatoms. The number of hydrogen-bond donors (Lipinski definition) is 1. The van der Waals surface area contributed by atoms with Crippen LogP contribution >= 0.6 is 0 Å². The standard InChI is InChI=1S/C14H13N5O3S/c1-18-2-3-22-11-4-9(6-15-14(11)18)10-7-16-19(8-10)13-5-12(20)17-23(13)21/h4-8H,2-3H2,1H3,(H,17,20). The van der Waals surface area contributed by atoms with E-state index in [1.807, 2.05) is 18.0 Å². The van der Waals surface area contributed by atoms with Gasteiger partial charge in [-0.05, 0) is 6.07 Å². The van der Waals surface area contributed by atoms with Gasteiger partial charge in [-0.15, -0.1) is 0 Å². The second kappa shape index (κ2) is 5.20. The number of carbonyl (C=O) groups is 1. The molecular weight excluding hydrogens is 318 g/mol. The zero-order valence-corrected chi connectivity index (χ0v) is 13.0.